The van der Waals surface area contributed by atoms with Crippen molar-refractivity contribution in [3.05, 3.63) is 98.7 Å². The van der Waals surface area contributed by atoms with Crippen LogP contribution in [0.4, 0.5) is 0 Å². The molecular weight excluding hydrogens is 350 g/mol. The highest BCUT2D eigenvalue weighted by atomic mass is 16.2. The van der Waals surface area contributed by atoms with E-state index in [1.807, 2.05) is 42.5 Å². The number of aromatic amines is 1. The van der Waals surface area contributed by atoms with Crippen LogP contribution in [-0.2, 0) is 30.6 Å². The average Bonchev–Trinajstić information content (AvgIpc) is 2.70. The topological polar surface area (TPSA) is 66.1 Å². The third-order valence-electron chi connectivity index (χ3n) is 5.29. The third kappa shape index (κ3) is 3.88. The van der Waals surface area contributed by atoms with Gasteiger partial charge in [-0.25, -0.2) is 4.98 Å². The molecule has 1 aromatic heterocycles. The Balaban J connectivity index is 1.51. The standard InChI is InChI=1S/C23H23N3O2/c1-16-7-5-6-10-18(16)14-21-24-20-11-12-26(15-19(20)23(28)25-21)22(27)13-17-8-3-2-4-9-17/h2-10H,11-15H2,1H3,(H,24,25,28). The Kier molecular flexibility index (Phi) is 5.06. The van der Waals surface area contributed by atoms with Gasteiger partial charge in [0.2, 0.25) is 5.91 Å². The van der Waals surface area contributed by atoms with Gasteiger partial charge in [0, 0.05) is 19.4 Å². The number of carbonyl (C=O) groups excluding carboxylic acids is 1. The number of H-pyrrole nitrogens is 1. The van der Waals surface area contributed by atoms with Crippen LogP contribution < -0.4 is 5.56 Å². The molecule has 4 rings (SSSR count). The van der Waals surface area contributed by atoms with Gasteiger partial charge in [0.15, 0.2) is 0 Å². The van der Waals surface area contributed by atoms with E-state index in [2.05, 4.69) is 24.0 Å². The Bertz CT molecular complexity index is 1060. The molecule has 1 aliphatic heterocycles. The van der Waals surface area contributed by atoms with Crippen LogP contribution in [0.1, 0.15) is 33.8 Å². The molecule has 0 saturated carbocycles. The zero-order chi connectivity index (χ0) is 19.5. The van der Waals surface area contributed by atoms with E-state index >= 15 is 0 Å². The largest absolute Gasteiger partial charge is 0.337 e. The van der Waals surface area contributed by atoms with E-state index in [0.717, 1.165) is 16.8 Å². The predicted molar refractivity (Wildman–Crippen MR) is 108 cm³/mol. The molecule has 28 heavy (non-hydrogen) atoms. The summed E-state index contributed by atoms with van der Waals surface area (Å²) in [5, 5.41) is 0. The molecule has 1 N–H and O–H groups in total. The number of rotatable bonds is 4. The van der Waals surface area contributed by atoms with E-state index in [0.29, 0.717) is 43.7 Å². The Morgan fingerprint density at radius 3 is 2.64 bits per heavy atom. The maximum absolute atomic E-state index is 12.7. The van der Waals surface area contributed by atoms with Crippen LogP contribution in [0.5, 0.6) is 0 Å². The summed E-state index contributed by atoms with van der Waals surface area (Å²) in [6.07, 6.45) is 1.57. The molecule has 2 heterocycles. The van der Waals surface area contributed by atoms with Crippen LogP contribution in [0.25, 0.3) is 0 Å². The highest BCUT2D eigenvalue weighted by Crippen LogP contribution is 2.17. The monoisotopic (exact) mass is 373 g/mol. The zero-order valence-corrected chi connectivity index (χ0v) is 15.9. The van der Waals surface area contributed by atoms with Gasteiger partial charge >= 0.3 is 0 Å². The Morgan fingerprint density at radius 1 is 1.11 bits per heavy atom. The average molecular weight is 373 g/mol. The summed E-state index contributed by atoms with van der Waals surface area (Å²) in [5.41, 5.74) is 4.61. The molecule has 0 spiro atoms. The second kappa shape index (κ2) is 7.80. The molecule has 0 unspecified atom stereocenters. The minimum atomic E-state index is -0.134. The van der Waals surface area contributed by atoms with E-state index in [9.17, 15) is 9.59 Å². The minimum absolute atomic E-state index is 0.0419. The Labute approximate surface area is 164 Å². The first-order chi connectivity index (χ1) is 13.6. The lowest BCUT2D eigenvalue weighted by molar-refractivity contribution is -0.131. The predicted octanol–water partition coefficient (Wildman–Crippen LogP) is 2.80. The lowest BCUT2D eigenvalue weighted by Crippen LogP contribution is -2.40. The SMILES string of the molecule is Cc1ccccc1Cc1nc2c(c(=O)[nH]1)CN(C(=O)Cc1ccccc1)CC2. The molecule has 0 saturated heterocycles. The summed E-state index contributed by atoms with van der Waals surface area (Å²) in [6.45, 7) is 2.98. The lowest BCUT2D eigenvalue weighted by Gasteiger charge is -2.28. The second-order valence-corrected chi connectivity index (χ2v) is 7.27. The van der Waals surface area contributed by atoms with Crippen molar-refractivity contribution in [2.24, 2.45) is 0 Å². The summed E-state index contributed by atoms with van der Waals surface area (Å²) >= 11 is 0. The van der Waals surface area contributed by atoms with Crippen LogP contribution in [0.3, 0.4) is 0 Å². The summed E-state index contributed by atoms with van der Waals surface area (Å²) in [6, 6.07) is 17.8. The number of aromatic nitrogens is 2. The molecule has 1 aliphatic rings. The number of carbonyl (C=O) groups is 1. The van der Waals surface area contributed by atoms with Crippen molar-refractivity contribution in [3.8, 4) is 0 Å². The number of nitrogens with zero attached hydrogens (tertiary/aromatic N) is 2. The molecule has 0 aliphatic carbocycles. The van der Waals surface area contributed by atoms with Crippen LogP contribution in [-0.4, -0.2) is 27.3 Å². The lowest BCUT2D eigenvalue weighted by atomic mass is 10.0. The molecule has 0 radical (unpaired) electrons. The van der Waals surface area contributed by atoms with Crippen molar-refractivity contribution in [2.45, 2.75) is 32.7 Å². The van der Waals surface area contributed by atoms with Crippen LogP contribution in [0, 0.1) is 6.92 Å². The number of benzene rings is 2. The molecule has 5 heteroatoms. The number of amides is 1. The summed E-state index contributed by atoms with van der Waals surface area (Å²) in [4.78, 5) is 34.6. The molecule has 0 atom stereocenters. The van der Waals surface area contributed by atoms with E-state index in [4.69, 9.17) is 4.98 Å². The van der Waals surface area contributed by atoms with Gasteiger partial charge in [-0.3, -0.25) is 9.59 Å². The molecule has 0 bridgehead atoms. The van der Waals surface area contributed by atoms with Crippen LogP contribution >= 0.6 is 0 Å². The van der Waals surface area contributed by atoms with Crippen molar-refractivity contribution < 1.29 is 4.79 Å². The van der Waals surface area contributed by atoms with Crippen molar-refractivity contribution in [1.82, 2.24) is 14.9 Å². The third-order valence-corrected chi connectivity index (χ3v) is 5.29. The molecule has 3 aromatic rings. The maximum Gasteiger partial charge on any atom is 0.256 e. The van der Waals surface area contributed by atoms with Gasteiger partial charge in [0.1, 0.15) is 5.82 Å². The van der Waals surface area contributed by atoms with Crippen molar-refractivity contribution in [1.29, 1.82) is 0 Å². The zero-order valence-electron chi connectivity index (χ0n) is 15.9. The summed E-state index contributed by atoms with van der Waals surface area (Å²) in [7, 11) is 0. The first-order valence-electron chi connectivity index (χ1n) is 9.57. The minimum Gasteiger partial charge on any atom is -0.337 e. The van der Waals surface area contributed by atoms with Gasteiger partial charge in [-0.05, 0) is 23.6 Å². The number of hydrogen-bond donors (Lipinski definition) is 1. The smallest absolute Gasteiger partial charge is 0.256 e. The van der Waals surface area contributed by atoms with E-state index in [1.165, 1.54) is 5.56 Å². The molecule has 0 fully saturated rings. The molecule has 1 amide bonds. The van der Waals surface area contributed by atoms with Crippen molar-refractivity contribution in [2.75, 3.05) is 6.54 Å². The maximum atomic E-state index is 12.7. The molecule has 142 valence electrons. The highest BCUT2D eigenvalue weighted by Gasteiger charge is 2.24. The van der Waals surface area contributed by atoms with Gasteiger partial charge in [-0.15, -0.1) is 0 Å². The van der Waals surface area contributed by atoms with Gasteiger partial charge in [0.05, 0.1) is 24.2 Å². The fourth-order valence-electron chi connectivity index (χ4n) is 3.64. The molecule has 5 nitrogen and oxygen atoms in total. The van der Waals surface area contributed by atoms with Gasteiger partial charge in [-0.1, -0.05) is 54.6 Å². The van der Waals surface area contributed by atoms with Gasteiger partial charge in [-0.2, -0.15) is 0 Å². The first kappa shape index (κ1) is 18.2. The number of nitrogens with one attached hydrogen (secondary N) is 1. The fraction of sp³-hybridized carbons (Fsp3) is 0.261. The first-order valence-corrected chi connectivity index (χ1v) is 9.57. The summed E-state index contributed by atoms with van der Waals surface area (Å²) in [5.74, 6) is 0.724. The molecular formula is C23H23N3O2. The Morgan fingerprint density at radius 2 is 1.86 bits per heavy atom. The van der Waals surface area contributed by atoms with E-state index < -0.39 is 0 Å². The van der Waals surface area contributed by atoms with Crippen LogP contribution in [0.15, 0.2) is 59.4 Å². The number of fused-ring (bicyclic) bond motifs is 1. The van der Waals surface area contributed by atoms with Crippen molar-refractivity contribution in [3.63, 3.8) is 0 Å². The Hall–Kier alpha value is -3.21. The molecule has 2 aromatic carbocycles. The fourth-order valence-corrected chi connectivity index (χ4v) is 3.64. The van der Waals surface area contributed by atoms with Gasteiger partial charge in [0.25, 0.3) is 5.56 Å². The van der Waals surface area contributed by atoms with Crippen molar-refractivity contribution >= 4 is 5.91 Å². The van der Waals surface area contributed by atoms with Crippen LogP contribution in [0.2, 0.25) is 0 Å². The number of aryl methyl sites for hydroxylation is 1. The van der Waals surface area contributed by atoms with E-state index in [1.54, 1.807) is 4.90 Å². The second-order valence-electron chi connectivity index (χ2n) is 7.27. The number of hydrogen-bond acceptors (Lipinski definition) is 3. The normalized spacial score (nSPS) is 13.2. The highest BCUT2D eigenvalue weighted by molar-refractivity contribution is 5.79. The van der Waals surface area contributed by atoms with Gasteiger partial charge < -0.3 is 9.88 Å². The quantitative estimate of drug-likeness (QED) is 0.765. The summed E-state index contributed by atoms with van der Waals surface area (Å²) < 4.78 is 0. The van der Waals surface area contributed by atoms with E-state index in [-0.39, 0.29) is 11.5 Å².